The number of hydrogen-bond donors (Lipinski definition) is 1. The van der Waals surface area contributed by atoms with Gasteiger partial charge in [-0.15, -0.1) is 0 Å². The van der Waals surface area contributed by atoms with Gasteiger partial charge in [0.2, 0.25) is 5.91 Å². The van der Waals surface area contributed by atoms with E-state index in [4.69, 9.17) is 0 Å². The smallest absolute Gasteiger partial charge is 0.267 e. The zero-order valence-corrected chi connectivity index (χ0v) is 13.1. The Kier molecular flexibility index (Phi) is 4.90. The summed E-state index contributed by atoms with van der Waals surface area (Å²) in [5.74, 6) is 0.313. The van der Waals surface area contributed by atoms with Crippen LogP contribution < -0.4 is 10.9 Å². The first-order chi connectivity index (χ1) is 10.7. The molecule has 0 bridgehead atoms. The van der Waals surface area contributed by atoms with Crippen LogP contribution in [0.3, 0.4) is 0 Å². The molecule has 0 aliphatic heterocycles. The Morgan fingerprint density at radius 2 is 1.95 bits per heavy atom. The Hall–Kier alpha value is -1.65. The largest absolute Gasteiger partial charge is 0.354 e. The minimum Gasteiger partial charge on any atom is -0.354 e. The molecule has 0 radical (unpaired) electrons. The summed E-state index contributed by atoms with van der Waals surface area (Å²) in [6.07, 6.45) is 9.80. The van der Waals surface area contributed by atoms with Crippen molar-refractivity contribution in [3.05, 3.63) is 27.7 Å². The number of nitrogens with zero attached hydrogens (tertiary/aromatic N) is 2. The Morgan fingerprint density at radius 1 is 1.18 bits per heavy atom. The zero-order chi connectivity index (χ0) is 15.4. The van der Waals surface area contributed by atoms with Gasteiger partial charge in [0.15, 0.2) is 0 Å². The first-order valence-corrected chi connectivity index (χ1v) is 8.61. The van der Waals surface area contributed by atoms with Crippen LogP contribution in [0, 0.1) is 5.92 Å². The number of rotatable bonds is 4. The summed E-state index contributed by atoms with van der Waals surface area (Å²) >= 11 is 0. The van der Waals surface area contributed by atoms with Gasteiger partial charge in [-0.05, 0) is 44.1 Å². The standard InChI is InChI=1S/C17H25N3O2/c21-16-12-14-8-4-5-9-15(14)19-20(16)11-10-18-17(22)13-6-2-1-3-7-13/h12-13H,1-11H2,(H,18,22). The van der Waals surface area contributed by atoms with Gasteiger partial charge in [-0.3, -0.25) is 9.59 Å². The third-order valence-corrected chi connectivity index (χ3v) is 4.87. The summed E-state index contributed by atoms with van der Waals surface area (Å²) in [6.45, 7) is 0.950. The molecule has 0 aromatic carbocycles. The molecule has 1 fully saturated rings. The second-order valence-electron chi connectivity index (χ2n) is 6.51. The molecule has 1 heterocycles. The van der Waals surface area contributed by atoms with E-state index in [1.807, 2.05) is 0 Å². The molecule has 0 saturated heterocycles. The highest BCUT2D eigenvalue weighted by molar-refractivity contribution is 5.78. The highest BCUT2D eigenvalue weighted by Crippen LogP contribution is 2.23. The van der Waals surface area contributed by atoms with Crippen molar-refractivity contribution in [2.24, 2.45) is 5.92 Å². The fraction of sp³-hybridized carbons (Fsp3) is 0.706. The first kappa shape index (κ1) is 15.3. The van der Waals surface area contributed by atoms with Gasteiger partial charge in [0.1, 0.15) is 0 Å². The summed E-state index contributed by atoms with van der Waals surface area (Å²) in [6, 6.07) is 1.73. The van der Waals surface area contributed by atoms with E-state index in [0.29, 0.717) is 13.1 Å². The highest BCUT2D eigenvalue weighted by Gasteiger charge is 2.20. The average molecular weight is 303 g/mol. The van der Waals surface area contributed by atoms with Crippen molar-refractivity contribution in [3.8, 4) is 0 Å². The molecule has 22 heavy (non-hydrogen) atoms. The lowest BCUT2D eigenvalue weighted by Crippen LogP contribution is -2.36. The summed E-state index contributed by atoms with van der Waals surface area (Å²) in [5, 5.41) is 7.44. The van der Waals surface area contributed by atoms with Crippen molar-refractivity contribution in [2.75, 3.05) is 6.54 Å². The van der Waals surface area contributed by atoms with Crippen LogP contribution in [0.5, 0.6) is 0 Å². The summed E-state index contributed by atoms with van der Waals surface area (Å²) < 4.78 is 1.51. The second-order valence-corrected chi connectivity index (χ2v) is 6.51. The van der Waals surface area contributed by atoms with Crippen LogP contribution >= 0.6 is 0 Å². The van der Waals surface area contributed by atoms with E-state index in [-0.39, 0.29) is 17.4 Å². The lowest BCUT2D eigenvalue weighted by atomic mass is 9.89. The Labute approximate surface area is 131 Å². The van der Waals surface area contributed by atoms with E-state index in [9.17, 15) is 9.59 Å². The molecule has 1 saturated carbocycles. The van der Waals surface area contributed by atoms with Crippen LogP contribution in [0.25, 0.3) is 0 Å². The van der Waals surface area contributed by atoms with Crippen molar-refractivity contribution in [2.45, 2.75) is 64.3 Å². The number of aryl methyl sites for hydroxylation is 2. The first-order valence-electron chi connectivity index (χ1n) is 8.61. The molecule has 2 aliphatic carbocycles. The van der Waals surface area contributed by atoms with Gasteiger partial charge in [-0.1, -0.05) is 19.3 Å². The van der Waals surface area contributed by atoms with Crippen LogP contribution in [0.1, 0.15) is 56.2 Å². The molecule has 1 aromatic heterocycles. The molecule has 1 aromatic rings. The molecule has 5 heteroatoms. The van der Waals surface area contributed by atoms with Crippen LogP contribution in [-0.2, 0) is 24.2 Å². The van der Waals surface area contributed by atoms with Crippen molar-refractivity contribution in [3.63, 3.8) is 0 Å². The number of carbonyl (C=O) groups is 1. The van der Waals surface area contributed by atoms with Crippen LogP contribution in [0.15, 0.2) is 10.9 Å². The van der Waals surface area contributed by atoms with E-state index in [1.54, 1.807) is 6.07 Å². The number of amides is 1. The van der Waals surface area contributed by atoms with E-state index in [1.165, 1.54) is 11.1 Å². The molecule has 0 spiro atoms. The Bertz CT molecular complexity index is 588. The predicted molar refractivity (Wildman–Crippen MR) is 84.7 cm³/mol. The van der Waals surface area contributed by atoms with Crippen molar-refractivity contribution in [1.82, 2.24) is 15.1 Å². The molecule has 1 amide bonds. The SMILES string of the molecule is O=C(NCCn1nc2c(cc1=O)CCCC2)C1CCCCC1. The monoisotopic (exact) mass is 303 g/mol. The molecule has 2 aliphatic rings. The van der Waals surface area contributed by atoms with E-state index >= 15 is 0 Å². The molecule has 0 unspecified atom stereocenters. The maximum Gasteiger partial charge on any atom is 0.267 e. The van der Waals surface area contributed by atoms with Crippen LogP contribution in [-0.4, -0.2) is 22.2 Å². The Morgan fingerprint density at radius 3 is 2.77 bits per heavy atom. The lowest BCUT2D eigenvalue weighted by molar-refractivity contribution is -0.125. The third-order valence-electron chi connectivity index (χ3n) is 4.87. The number of hydrogen-bond acceptors (Lipinski definition) is 3. The third kappa shape index (κ3) is 3.57. The molecule has 3 rings (SSSR count). The molecular weight excluding hydrogens is 278 g/mol. The van der Waals surface area contributed by atoms with Crippen molar-refractivity contribution >= 4 is 5.91 Å². The quantitative estimate of drug-likeness (QED) is 0.923. The van der Waals surface area contributed by atoms with Gasteiger partial charge in [0.05, 0.1) is 12.2 Å². The van der Waals surface area contributed by atoms with Gasteiger partial charge in [0, 0.05) is 18.5 Å². The molecule has 0 atom stereocenters. The fourth-order valence-electron chi connectivity index (χ4n) is 3.56. The molecule has 120 valence electrons. The summed E-state index contributed by atoms with van der Waals surface area (Å²) in [4.78, 5) is 24.1. The fourth-order valence-corrected chi connectivity index (χ4v) is 3.56. The maximum absolute atomic E-state index is 12.1. The van der Waals surface area contributed by atoms with Crippen molar-refractivity contribution < 1.29 is 4.79 Å². The topological polar surface area (TPSA) is 64.0 Å². The highest BCUT2D eigenvalue weighted by atomic mass is 16.2. The normalized spacial score (nSPS) is 18.7. The number of fused-ring (bicyclic) bond motifs is 1. The maximum atomic E-state index is 12.1. The van der Waals surface area contributed by atoms with Gasteiger partial charge in [-0.25, -0.2) is 4.68 Å². The second kappa shape index (κ2) is 7.07. The number of nitrogens with one attached hydrogen (secondary N) is 1. The Balaban J connectivity index is 1.55. The summed E-state index contributed by atoms with van der Waals surface area (Å²) in [7, 11) is 0. The van der Waals surface area contributed by atoms with E-state index in [0.717, 1.165) is 62.6 Å². The van der Waals surface area contributed by atoms with E-state index in [2.05, 4.69) is 10.4 Å². The van der Waals surface area contributed by atoms with Crippen LogP contribution in [0.2, 0.25) is 0 Å². The van der Waals surface area contributed by atoms with Gasteiger partial charge in [0.25, 0.3) is 5.56 Å². The van der Waals surface area contributed by atoms with Gasteiger partial charge in [-0.2, -0.15) is 5.10 Å². The van der Waals surface area contributed by atoms with Crippen molar-refractivity contribution in [1.29, 1.82) is 0 Å². The minimum atomic E-state index is -0.0486. The zero-order valence-electron chi connectivity index (χ0n) is 13.1. The number of aromatic nitrogens is 2. The van der Waals surface area contributed by atoms with Gasteiger partial charge < -0.3 is 5.32 Å². The molecule has 5 nitrogen and oxygen atoms in total. The molecule has 1 N–H and O–H groups in total. The lowest BCUT2D eigenvalue weighted by Gasteiger charge is -2.21. The minimum absolute atomic E-state index is 0.0486. The summed E-state index contributed by atoms with van der Waals surface area (Å²) in [5.41, 5.74) is 2.12. The average Bonchev–Trinajstić information content (AvgIpc) is 2.56. The number of carbonyl (C=O) groups excluding carboxylic acids is 1. The van der Waals surface area contributed by atoms with E-state index < -0.39 is 0 Å². The predicted octanol–water partition coefficient (Wildman–Crippen LogP) is 1.82. The van der Waals surface area contributed by atoms with Gasteiger partial charge >= 0.3 is 0 Å². The molecular formula is C17H25N3O2. The van der Waals surface area contributed by atoms with Crippen LogP contribution in [0.4, 0.5) is 0 Å².